The van der Waals surface area contributed by atoms with Gasteiger partial charge in [-0.05, 0) is 49.7 Å². The van der Waals surface area contributed by atoms with Crippen LogP contribution in [0.5, 0.6) is 5.75 Å². The average molecular weight is 619 g/mol. The molecule has 2 heterocycles. The molecule has 1 aliphatic rings. The maximum absolute atomic E-state index is 14.3. The quantitative estimate of drug-likeness (QED) is 0.330. The van der Waals surface area contributed by atoms with Crippen LogP contribution in [0.3, 0.4) is 0 Å². The molecule has 226 valence electrons. The van der Waals surface area contributed by atoms with E-state index < -0.39 is 80.6 Å². The van der Waals surface area contributed by atoms with Crippen LogP contribution in [0.15, 0.2) is 53.6 Å². The smallest absolute Gasteiger partial charge is 0.420 e. The Balaban J connectivity index is 1.89. The minimum absolute atomic E-state index is 0.118. The van der Waals surface area contributed by atoms with Crippen LogP contribution in [0, 0.1) is 5.82 Å². The average Bonchev–Trinajstić information content (AvgIpc) is 2.98. The van der Waals surface area contributed by atoms with Crippen LogP contribution < -0.4 is 9.64 Å². The Morgan fingerprint density at radius 2 is 1.79 bits per heavy atom. The van der Waals surface area contributed by atoms with E-state index in [2.05, 4.69) is 10.2 Å². The molecule has 0 amide bonds. The number of carbonyl (C=O) groups is 1. The Morgan fingerprint density at radius 3 is 2.38 bits per heavy atom. The number of halogens is 6. The topological polar surface area (TPSA) is 113 Å². The highest BCUT2D eigenvalue weighted by Gasteiger charge is 2.42. The molecule has 0 radical (unpaired) electrons. The zero-order valence-corrected chi connectivity index (χ0v) is 22.9. The van der Waals surface area contributed by atoms with E-state index in [1.807, 2.05) is 0 Å². The number of aromatic nitrogens is 2. The van der Waals surface area contributed by atoms with Gasteiger partial charge in [-0.25, -0.2) is 26.4 Å². The summed E-state index contributed by atoms with van der Waals surface area (Å²) in [4.78, 5) is 12.0. The molecule has 0 saturated heterocycles. The number of benzene rings is 2. The fourth-order valence-electron chi connectivity index (χ4n) is 4.45. The number of hydrogen-bond donors (Lipinski definition) is 1. The number of sulfonamides is 1. The Hall–Kier alpha value is -3.92. The van der Waals surface area contributed by atoms with Crippen LogP contribution in [0.1, 0.15) is 41.4 Å². The number of likely N-dealkylation sites (N-methyl/N-ethyl adjacent to an activating group) is 1. The van der Waals surface area contributed by atoms with Crippen molar-refractivity contribution in [3.63, 3.8) is 0 Å². The molecule has 0 aliphatic carbocycles. The largest absolute Gasteiger partial charge is 0.488 e. The molecular weight excluding hydrogens is 594 g/mol. The molecule has 1 atom stereocenters. The summed E-state index contributed by atoms with van der Waals surface area (Å²) in [6.07, 6.45) is -5.02. The van der Waals surface area contributed by atoms with Crippen molar-refractivity contribution >= 4 is 27.4 Å². The number of anilines is 2. The molecule has 1 aliphatic heterocycles. The number of alkyl halides is 5. The van der Waals surface area contributed by atoms with Crippen molar-refractivity contribution in [3.05, 3.63) is 71.3 Å². The highest BCUT2D eigenvalue weighted by Crippen LogP contribution is 2.46. The predicted molar refractivity (Wildman–Crippen MR) is 137 cm³/mol. The fourth-order valence-corrected chi connectivity index (χ4v) is 6.02. The van der Waals surface area contributed by atoms with E-state index in [1.54, 1.807) is 0 Å². The van der Waals surface area contributed by atoms with E-state index in [9.17, 15) is 44.7 Å². The molecule has 0 saturated carbocycles. The second-order valence-electron chi connectivity index (χ2n) is 9.68. The number of hydrogen-bond acceptors (Lipinski definition) is 7. The maximum atomic E-state index is 14.3. The summed E-state index contributed by atoms with van der Waals surface area (Å²) in [5.74, 6) is -6.25. The maximum Gasteiger partial charge on any atom is 0.420 e. The molecule has 2 aromatic carbocycles. The lowest BCUT2D eigenvalue weighted by Gasteiger charge is -2.30. The molecule has 1 N–H and O–H groups in total. The summed E-state index contributed by atoms with van der Waals surface area (Å²) >= 11 is 0. The van der Waals surface area contributed by atoms with Crippen LogP contribution in [0.2, 0.25) is 0 Å². The van der Waals surface area contributed by atoms with E-state index in [0.717, 1.165) is 29.7 Å². The van der Waals surface area contributed by atoms with Crippen molar-refractivity contribution in [1.29, 1.82) is 0 Å². The molecule has 4 rings (SSSR count). The molecule has 0 unspecified atom stereocenters. The number of carboxylic acids is 1. The van der Waals surface area contributed by atoms with Gasteiger partial charge in [-0.15, -0.1) is 5.10 Å². The lowest BCUT2D eigenvalue weighted by Crippen LogP contribution is -2.41. The van der Waals surface area contributed by atoms with Crippen molar-refractivity contribution in [2.45, 2.75) is 49.4 Å². The predicted octanol–water partition coefficient (Wildman–Crippen LogP) is 5.49. The fraction of sp³-hybridized carbons (Fsp3) is 0.346. The van der Waals surface area contributed by atoms with Crippen LogP contribution in [0.25, 0.3) is 0 Å². The molecular formula is C26H24F6N4O5S. The normalized spacial score (nSPS) is 17.4. The lowest BCUT2D eigenvalue weighted by molar-refractivity contribution is -0.139. The van der Waals surface area contributed by atoms with Crippen LogP contribution in [-0.2, 0) is 22.8 Å². The van der Waals surface area contributed by atoms with Gasteiger partial charge in [-0.3, -0.25) is 0 Å². The number of rotatable bonds is 8. The Kier molecular flexibility index (Phi) is 8.42. The van der Waals surface area contributed by atoms with Gasteiger partial charge in [-0.2, -0.15) is 22.6 Å². The highest BCUT2D eigenvalue weighted by molar-refractivity contribution is 7.89. The van der Waals surface area contributed by atoms with E-state index in [-0.39, 0.29) is 24.2 Å². The monoisotopic (exact) mass is 618 g/mol. The molecule has 0 fully saturated rings. The van der Waals surface area contributed by atoms with Crippen molar-refractivity contribution in [2.75, 3.05) is 18.5 Å². The van der Waals surface area contributed by atoms with Gasteiger partial charge in [0.25, 0.3) is 0 Å². The van der Waals surface area contributed by atoms with Gasteiger partial charge in [0, 0.05) is 43.4 Å². The minimum Gasteiger partial charge on any atom is -0.488 e. The molecule has 9 nitrogen and oxygen atoms in total. The third kappa shape index (κ3) is 6.59. The number of fused-ring (bicyclic) bond motifs is 1. The van der Waals surface area contributed by atoms with Gasteiger partial charge < -0.3 is 14.7 Å². The van der Waals surface area contributed by atoms with Gasteiger partial charge in [0.2, 0.25) is 15.9 Å². The van der Waals surface area contributed by atoms with Crippen molar-refractivity contribution in [2.24, 2.45) is 0 Å². The summed E-state index contributed by atoms with van der Waals surface area (Å²) in [7, 11) is -3.47. The minimum atomic E-state index is -5.07. The summed E-state index contributed by atoms with van der Waals surface area (Å²) < 4.78 is 118. The van der Waals surface area contributed by atoms with E-state index in [1.165, 1.54) is 23.1 Å². The first-order chi connectivity index (χ1) is 19.5. The lowest BCUT2D eigenvalue weighted by atomic mass is 10.1. The second kappa shape index (κ2) is 11.4. The Morgan fingerprint density at radius 1 is 1.12 bits per heavy atom. The number of nitrogens with zero attached hydrogens (tertiary/aromatic N) is 4. The first kappa shape index (κ1) is 31.0. The zero-order valence-electron chi connectivity index (χ0n) is 22.1. The summed E-state index contributed by atoms with van der Waals surface area (Å²) in [5, 5.41) is 16.2. The molecule has 3 aromatic rings. The van der Waals surface area contributed by atoms with E-state index in [4.69, 9.17) is 4.74 Å². The standard InChI is InChI=1S/C26H24F6N4O5S/c1-25(28,29)9-7-18-13-36(17-5-3-16(27)4-6-17)20-11-19(26(30,31)32)21(12-22(20)42(39,40)35(18)2)41-14-15-8-10-33-34-23(15)24(37)38/h3-6,8,10-12,18H,7,9,13-14H2,1-2H3,(H,37,38)/t18-/m1/s1. The van der Waals surface area contributed by atoms with Crippen molar-refractivity contribution < 1.29 is 49.4 Å². The van der Waals surface area contributed by atoms with Gasteiger partial charge in [0.15, 0.2) is 5.69 Å². The van der Waals surface area contributed by atoms with E-state index >= 15 is 0 Å². The van der Waals surface area contributed by atoms with Crippen molar-refractivity contribution in [1.82, 2.24) is 14.5 Å². The molecule has 16 heteroatoms. The second-order valence-corrected chi connectivity index (χ2v) is 11.6. The van der Waals surface area contributed by atoms with Crippen LogP contribution >= 0.6 is 0 Å². The Labute approximate surface area is 236 Å². The number of aromatic carboxylic acids is 1. The van der Waals surface area contributed by atoms with Gasteiger partial charge in [-0.1, -0.05) is 0 Å². The summed E-state index contributed by atoms with van der Waals surface area (Å²) in [5.41, 5.74) is -2.41. The first-order valence-corrected chi connectivity index (χ1v) is 13.7. The van der Waals surface area contributed by atoms with Gasteiger partial charge in [0.1, 0.15) is 23.1 Å². The molecule has 0 bridgehead atoms. The van der Waals surface area contributed by atoms with Crippen LogP contribution in [0.4, 0.5) is 37.7 Å². The van der Waals surface area contributed by atoms with Crippen LogP contribution in [-0.4, -0.2) is 59.6 Å². The summed E-state index contributed by atoms with van der Waals surface area (Å²) in [6.45, 7) is -0.393. The molecule has 1 aromatic heterocycles. The molecule has 42 heavy (non-hydrogen) atoms. The molecule has 0 spiro atoms. The van der Waals surface area contributed by atoms with E-state index in [0.29, 0.717) is 19.1 Å². The SMILES string of the molecule is CN1[C@H](CCC(C)(F)F)CN(c2ccc(F)cc2)c2cc(C(F)(F)F)c(OCc3ccnnc3C(=O)O)cc2S1(=O)=O. The number of ether oxygens (including phenoxy) is 1. The van der Waals surface area contributed by atoms with Gasteiger partial charge >= 0.3 is 12.1 Å². The Bertz CT molecular complexity index is 1580. The van der Waals surface area contributed by atoms with Gasteiger partial charge in [0.05, 0.1) is 17.4 Å². The highest BCUT2D eigenvalue weighted by atomic mass is 32.2. The zero-order chi connectivity index (χ0) is 31.0. The summed E-state index contributed by atoms with van der Waals surface area (Å²) in [6, 6.07) is 5.77. The first-order valence-electron chi connectivity index (χ1n) is 12.3. The third-order valence-electron chi connectivity index (χ3n) is 6.67. The third-order valence-corrected chi connectivity index (χ3v) is 8.61. The number of carboxylic acid groups (broad SMARTS) is 1. The van der Waals surface area contributed by atoms with Crippen molar-refractivity contribution in [3.8, 4) is 5.75 Å².